The molecule has 2 heterocycles. The molecule has 0 aliphatic rings. The van der Waals surface area contributed by atoms with E-state index in [0.29, 0.717) is 16.7 Å². The van der Waals surface area contributed by atoms with E-state index in [1.807, 2.05) is 35.0 Å². The standard InChI is InChI=1S/C19H15FN4O2S/c1-26-17(25)11-27-19-23-22-18(24(19)13-8-6-12(20)7-9-13)15-10-21-16-5-3-2-4-14(15)16/h2-10,21H,11H2,1H3. The lowest BCUT2D eigenvalue weighted by molar-refractivity contribution is -0.137. The van der Waals surface area contributed by atoms with Crippen molar-refractivity contribution in [3.8, 4) is 17.1 Å². The molecule has 0 fully saturated rings. The molecule has 0 spiro atoms. The lowest BCUT2D eigenvalue weighted by Crippen LogP contribution is -2.05. The van der Waals surface area contributed by atoms with E-state index in [1.165, 1.54) is 31.0 Å². The fraction of sp³-hybridized carbons (Fsp3) is 0.105. The first-order valence-electron chi connectivity index (χ1n) is 8.15. The van der Waals surface area contributed by atoms with Crippen LogP contribution >= 0.6 is 11.8 Å². The summed E-state index contributed by atoms with van der Waals surface area (Å²) in [5.74, 6) is 0.0157. The number of benzene rings is 2. The van der Waals surface area contributed by atoms with Gasteiger partial charge in [0.25, 0.3) is 0 Å². The van der Waals surface area contributed by atoms with Gasteiger partial charge in [-0.3, -0.25) is 9.36 Å². The van der Waals surface area contributed by atoms with Crippen LogP contribution in [0.5, 0.6) is 0 Å². The van der Waals surface area contributed by atoms with Gasteiger partial charge in [-0.05, 0) is 30.3 Å². The molecule has 2 aromatic carbocycles. The van der Waals surface area contributed by atoms with Crippen LogP contribution in [0.2, 0.25) is 0 Å². The maximum Gasteiger partial charge on any atom is 0.316 e. The molecule has 0 amide bonds. The van der Waals surface area contributed by atoms with Crippen molar-refractivity contribution in [1.29, 1.82) is 0 Å². The number of aromatic amines is 1. The van der Waals surface area contributed by atoms with Gasteiger partial charge in [-0.25, -0.2) is 4.39 Å². The molecule has 0 aliphatic heterocycles. The molecule has 136 valence electrons. The summed E-state index contributed by atoms with van der Waals surface area (Å²) in [7, 11) is 1.34. The Bertz CT molecular complexity index is 1100. The van der Waals surface area contributed by atoms with Gasteiger partial charge in [-0.2, -0.15) is 0 Å². The second kappa shape index (κ2) is 7.24. The number of aromatic nitrogens is 4. The maximum atomic E-state index is 13.4. The number of esters is 1. The molecule has 0 radical (unpaired) electrons. The lowest BCUT2D eigenvalue weighted by atomic mass is 10.1. The third-order valence-electron chi connectivity index (χ3n) is 4.10. The third kappa shape index (κ3) is 3.31. The number of halogens is 1. The number of nitrogens with zero attached hydrogens (tertiary/aromatic N) is 3. The zero-order chi connectivity index (χ0) is 18.8. The first-order valence-corrected chi connectivity index (χ1v) is 9.13. The second-order valence-corrected chi connectivity index (χ2v) is 6.67. The summed E-state index contributed by atoms with van der Waals surface area (Å²) < 4.78 is 19.9. The van der Waals surface area contributed by atoms with Crippen LogP contribution in [-0.2, 0) is 9.53 Å². The Morgan fingerprint density at radius 3 is 2.74 bits per heavy atom. The molecule has 0 atom stereocenters. The quantitative estimate of drug-likeness (QED) is 0.420. The molecule has 2 aromatic heterocycles. The largest absolute Gasteiger partial charge is 0.468 e. The Morgan fingerprint density at radius 2 is 1.96 bits per heavy atom. The van der Waals surface area contributed by atoms with Crippen LogP contribution < -0.4 is 0 Å². The Morgan fingerprint density at radius 1 is 1.19 bits per heavy atom. The lowest BCUT2D eigenvalue weighted by Gasteiger charge is -2.09. The molecule has 4 rings (SSSR count). The molecule has 0 saturated heterocycles. The first-order chi connectivity index (χ1) is 13.2. The summed E-state index contributed by atoms with van der Waals surface area (Å²) in [6.45, 7) is 0. The zero-order valence-corrected chi connectivity index (χ0v) is 15.2. The number of para-hydroxylation sites is 1. The molecule has 0 unspecified atom stereocenters. The van der Waals surface area contributed by atoms with Gasteiger partial charge in [0.2, 0.25) is 0 Å². The van der Waals surface area contributed by atoms with Crippen molar-refractivity contribution in [2.45, 2.75) is 5.16 Å². The predicted molar refractivity (Wildman–Crippen MR) is 101 cm³/mol. The molecule has 27 heavy (non-hydrogen) atoms. The molecule has 1 N–H and O–H groups in total. The molecular formula is C19H15FN4O2S. The molecule has 0 saturated carbocycles. The Balaban J connectivity index is 1.85. The van der Waals surface area contributed by atoms with Crippen molar-refractivity contribution < 1.29 is 13.9 Å². The molecule has 0 aliphatic carbocycles. The van der Waals surface area contributed by atoms with Crippen molar-refractivity contribution in [2.75, 3.05) is 12.9 Å². The van der Waals surface area contributed by atoms with Crippen molar-refractivity contribution in [3.05, 3.63) is 60.5 Å². The topological polar surface area (TPSA) is 72.8 Å². The SMILES string of the molecule is COC(=O)CSc1nnc(-c2c[nH]c3ccccc23)n1-c1ccc(F)cc1. The van der Waals surface area contributed by atoms with Gasteiger partial charge in [-0.15, -0.1) is 10.2 Å². The van der Waals surface area contributed by atoms with Gasteiger partial charge in [0.15, 0.2) is 11.0 Å². The minimum Gasteiger partial charge on any atom is -0.468 e. The summed E-state index contributed by atoms with van der Waals surface area (Å²) in [5, 5.41) is 10.1. The van der Waals surface area contributed by atoms with Gasteiger partial charge in [0.05, 0.1) is 12.9 Å². The predicted octanol–water partition coefficient (Wildman–Crippen LogP) is 3.82. The van der Waals surface area contributed by atoms with Gasteiger partial charge < -0.3 is 9.72 Å². The number of rotatable bonds is 5. The number of H-pyrrole nitrogens is 1. The van der Waals surface area contributed by atoms with Crippen LogP contribution in [0.3, 0.4) is 0 Å². The summed E-state index contributed by atoms with van der Waals surface area (Å²) in [6.07, 6.45) is 1.86. The van der Waals surface area contributed by atoms with Gasteiger partial charge in [0, 0.05) is 28.4 Å². The van der Waals surface area contributed by atoms with E-state index in [-0.39, 0.29) is 17.5 Å². The normalized spacial score (nSPS) is 11.0. The van der Waals surface area contributed by atoms with Crippen molar-refractivity contribution in [2.24, 2.45) is 0 Å². The fourth-order valence-corrected chi connectivity index (χ4v) is 3.58. The third-order valence-corrected chi connectivity index (χ3v) is 5.00. The molecule has 4 aromatic rings. The number of fused-ring (bicyclic) bond motifs is 1. The average molecular weight is 382 g/mol. The van der Waals surface area contributed by atoms with Crippen molar-refractivity contribution in [3.63, 3.8) is 0 Å². The van der Waals surface area contributed by atoms with E-state index >= 15 is 0 Å². The van der Waals surface area contributed by atoms with Crippen LogP contribution in [0.15, 0.2) is 59.9 Å². The summed E-state index contributed by atoms with van der Waals surface area (Å²) in [4.78, 5) is 14.8. The minimum absolute atomic E-state index is 0.101. The summed E-state index contributed by atoms with van der Waals surface area (Å²) >= 11 is 1.21. The highest BCUT2D eigenvalue weighted by Crippen LogP contribution is 2.32. The average Bonchev–Trinajstić information content (AvgIpc) is 3.30. The Hall–Kier alpha value is -3.13. The number of ether oxygens (including phenoxy) is 1. The number of hydrogen-bond acceptors (Lipinski definition) is 5. The van der Waals surface area contributed by atoms with Crippen LogP contribution in [0.1, 0.15) is 0 Å². The van der Waals surface area contributed by atoms with Crippen LogP contribution in [0.4, 0.5) is 4.39 Å². The Kier molecular flexibility index (Phi) is 4.64. The highest BCUT2D eigenvalue weighted by molar-refractivity contribution is 7.99. The fourth-order valence-electron chi connectivity index (χ4n) is 2.80. The highest BCUT2D eigenvalue weighted by Gasteiger charge is 2.19. The molecule has 0 bridgehead atoms. The second-order valence-electron chi connectivity index (χ2n) is 5.73. The monoisotopic (exact) mass is 382 g/mol. The van der Waals surface area contributed by atoms with Gasteiger partial charge in [0.1, 0.15) is 5.82 Å². The molecule has 8 heteroatoms. The number of nitrogens with one attached hydrogen (secondary N) is 1. The summed E-state index contributed by atoms with van der Waals surface area (Å²) in [5.41, 5.74) is 2.55. The van der Waals surface area contributed by atoms with E-state index in [1.54, 1.807) is 12.1 Å². The Labute approximate surface area is 158 Å². The van der Waals surface area contributed by atoms with Crippen LogP contribution in [-0.4, -0.2) is 38.6 Å². The van der Waals surface area contributed by atoms with E-state index in [2.05, 4.69) is 15.2 Å². The van der Waals surface area contributed by atoms with E-state index in [9.17, 15) is 9.18 Å². The molecular weight excluding hydrogens is 367 g/mol. The highest BCUT2D eigenvalue weighted by atomic mass is 32.2. The van der Waals surface area contributed by atoms with Crippen LogP contribution in [0.25, 0.3) is 28.0 Å². The first kappa shape index (κ1) is 17.3. The van der Waals surface area contributed by atoms with E-state index < -0.39 is 0 Å². The maximum absolute atomic E-state index is 13.4. The zero-order valence-electron chi connectivity index (χ0n) is 14.3. The molecule has 6 nitrogen and oxygen atoms in total. The minimum atomic E-state index is -0.359. The van der Waals surface area contributed by atoms with Gasteiger partial charge >= 0.3 is 5.97 Å². The van der Waals surface area contributed by atoms with Crippen molar-refractivity contribution in [1.82, 2.24) is 19.7 Å². The number of methoxy groups -OCH3 is 1. The number of carbonyl (C=O) groups is 1. The number of carbonyl (C=O) groups excluding carboxylic acids is 1. The van der Waals surface area contributed by atoms with E-state index in [0.717, 1.165) is 16.5 Å². The number of thioether (sulfide) groups is 1. The van der Waals surface area contributed by atoms with Crippen LogP contribution in [0, 0.1) is 5.82 Å². The van der Waals surface area contributed by atoms with Gasteiger partial charge in [-0.1, -0.05) is 30.0 Å². The summed E-state index contributed by atoms with van der Waals surface area (Å²) in [6, 6.07) is 13.9. The van der Waals surface area contributed by atoms with E-state index in [4.69, 9.17) is 4.74 Å². The number of hydrogen-bond donors (Lipinski definition) is 1. The van der Waals surface area contributed by atoms with Crippen molar-refractivity contribution >= 4 is 28.6 Å². The smallest absolute Gasteiger partial charge is 0.316 e.